The third-order valence-electron chi connectivity index (χ3n) is 4.95. The second kappa shape index (κ2) is 8.93. The molecule has 0 fully saturated rings. The van der Waals surface area contributed by atoms with E-state index in [0.29, 0.717) is 18.0 Å². The average molecular weight is 404 g/mol. The van der Waals surface area contributed by atoms with Gasteiger partial charge in [-0.25, -0.2) is 0 Å². The Bertz CT molecular complexity index is 1110. The quantitative estimate of drug-likeness (QED) is 0.426. The number of benzene rings is 2. The summed E-state index contributed by atoms with van der Waals surface area (Å²) in [6.45, 7) is 0.557. The summed E-state index contributed by atoms with van der Waals surface area (Å²) in [4.78, 5) is 20.2. The number of nitrogens with one attached hydrogen (secondary N) is 2. The predicted molar refractivity (Wildman–Crippen MR) is 118 cm³/mol. The zero-order valence-corrected chi connectivity index (χ0v) is 16.7. The van der Waals surface area contributed by atoms with E-state index in [1.165, 1.54) is 0 Å². The van der Waals surface area contributed by atoms with E-state index in [4.69, 9.17) is 11.6 Å². The van der Waals surface area contributed by atoms with Crippen LogP contribution in [0.25, 0.3) is 22.3 Å². The number of amides is 1. The van der Waals surface area contributed by atoms with E-state index in [0.717, 1.165) is 46.3 Å². The Balaban J connectivity index is 1.47. The molecular formula is C24H22ClN3O. The van der Waals surface area contributed by atoms with Gasteiger partial charge in [0.05, 0.1) is 11.4 Å². The lowest BCUT2D eigenvalue weighted by Crippen LogP contribution is -2.22. The molecule has 0 saturated heterocycles. The number of carbonyl (C=O) groups is 1. The molecule has 4 aromatic rings. The fourth-order valence-corrected chi connectivity index (χ4v) is 3.69. The maximum Gasteiger partial charge on any atom is 0.220 e. The highest BCUT2D eigenvalue weighted by Crippen LogP contribution is 2.32. The van der Waals surface area contributed by atoms with E-state index in [1.807, 2.05) is 66.7 Å². The number of pyridine rings is 1. The van der Waals surface area contributed by atoms with Gasteiger partial charge in [0, 0.05) is 35.1 Å². The average Bonchev–Trinajstić information content (AvgIpc) is 3.11. The van der Waals surface area contributed by atoms with Crippen molar-refractivity contribution in [3.05, 3.63) is 89.1 Å². The maximum atomic E-state index is 12.3. The van der Waals surface area contributed by atoms with Gasteiger partial charge in [-0.15, -0.1) is 0 Å². The fourth-order valence-electron chi connectivity index (χ4n) is 3.52. The minimum atomic E-state index is 0.0612. The van der Waals surface area contributed by atoms with E-state index < -0.39 is 0 Å². The molecule has 2 aromatic heterocycles. The Morgan fingerprint density at radius 1 is 1.03 bits per heavy atom. The van der Waals surface area contributed by atoms with Crippen molar-refractivity contribution < 1.29 is 4.79 Å². The second-order valence-corrected chi connectivity index (χ2v) is 7.44. The third-order valence-corrected chi connectivity index (χ3v) is 5.19. The van der Waals surface area contributed by atoms with Crippen molar-refractivity contribution >= 4 is 28.4 Å². The molecule has 0 aliphatic carbocycles. The monoisotopic (exact) mass is 403 g/mol. The summed E-state index contributed by atoms with van der Waals surface area (Å²) >= 11 is 6.24. The van der Waals surface area contributed by atoms with Crippen molar-refractivity contribution in [2.24, 2.45) is 0 Å². The molecule has 0 aliphatic heterocycles. The summed E-state index contributed by atoms with van der Waals surface area (Å²) in [5, 5.41) is 4.78. The molecule has 0 unspecified atom stereocenters. The number of aryl methyl sites for hydroxylation is 1. The lowest BCUT2D eigenvalue weighted by Gasteiger charge is -2.07. The first-order valence-electron chi connectivity index (χ1n) is 9.73. The van der Waals surface area contributed by atoms with Gasteiger partial charge in [0.15, 0.2) is 0 Å². The van der Waals surface area contributed by atoms with Gasteiger partial charge in [-0.05, 0) is 54.3 Å². The number of carbonyl (C=O) groups excluding carboxylic acids is 1. The topological polar surface area (TPSA) is 57.8 Å². The number of hydrogen-bond acceptors (Lipinski definition) is 2. The number of aromatic nitrogens is 2. The fraction of sp³-hybridized carbons (Fsp3) is 0.167. The number of halogens is 1. The minimum Gasteiger partial charge on any atom is -0.353 e. The zero-order chi connectivity index (χ0) is 20.1. The van der Waals surface area contributed by atoms with Gasteiger partial charge >= 0.3 is 0 Å². The highest BCUT2D eigenvalue weighted by Gasteiger charge is 2.15. The number of aromatic amines is 1. The summed E-state index contributed by atoms with van der Waals surface area (Å²) in [7, 11) is 0. The van der Waals surface area contributed by atoms with Crippen LogP contribution < -0.4 is 5.32 Å². The smallest absolute Gasteiger partial charge is 0.220 e. The first kappa shape index (κ1) is 19.2. The number of nitrogens with zero attached hydrogens (tertiary/aromatic N) is 1. The Hall–Kier alpha value is -3.11. The van der Waals surface area contributed by atoms with Gasteiger partial charge in [-0.3, -0.25) is 9.78 Å². The van der Waals surface area contributed by atoms with Gasteiger partial charge in [0.25, 0.3) is 0 Å². The van der Waals surface area contributed by atoms with E-state index in [-0.39, 0.29) is 5.91 Å². The Morgan fingerprint density at radius 3 is 2.66 bits per heavy atom. The molecule has 5 heteroatoms. The van der Waals surface area contributed by atoms with Crippen molar-refractivity contribution in [3.63, 3.8) is 0 Å². The van der Waals surface area contributed by atoms with E-state index in [2.05, 4.69) is 15.3 Å². The standard InChI is InChI=1S/C24H22ClN3O/c25-18-12-13-21-20(15-18)19(24(28-21)22-10-4-5-14-26-22)9-6-11-23(29)27-16-17-7-2-1-3-8-17/h1-5,7-8,10,12-15,28H,6,9,11,16H2,(H,27,29). The molecule has 0 saturated carbocycles. The van der Waals surface area contributed by atoms with Crippen LogP contribution in [0.3, 0.4) is 0 Å². The van der Waals surface area contributed by atoms with Gasteiger partial charge in [0.1, 0.15) is 0 Å². The molecule has 1 amide bonds. The zero-order valence-electron chi connectivity index (χ0n) is 16.0. The lowest BCUT2D eigenvalue weighted by molar-refractivity contribution is -0.121. The SMILES string of the molecule is O=C(CCCc1c(-c2ccccn2)[nH]c2ccc(Cl)cc12)NCc1ccccc1. The van der Waals surface area contributed by atoms with Crippen LogP contribution in [-0.4, -0.2) is 15.9 Å². The summed E-state index contributed by atoms with van der Waals surface area (Å²) in [6, 6.07) is 21.6. The second-order valence-electron chi connectivity index (χ2n) is 7.00. The van der Waals surface area contributed by atoms with Crippen molar-refractivity contribution in [1.82, 2.24) is 15.3 Å². The normalized spacial score (nSPS) is 10.9. The highest BCUT2D eigenvalue weighted by atomic mass is 35.5. The van der Waals surface area contributed by atoms with E-state index in [1.54, 1.807) is 6.20 Å². The molecule has 0 aliphatic rings. The molecule has 29 heavy (non-hydrogen) atoms. The number of rotatable bonds is 7. The summed E-state index contributed by atoms with van der Waals surface area (Å²) in [5.41, 5.74) is 5.16. The van der Waals surface area contributed by atoms with Crippen LogP contribution in [0.4, 0.5) is 0 Å². The number of fused-ring (bicyclic) bond motifs is 1. The van der Waals surface area contributed by atoms with Crippen LogP contribution >= 0.6 is 11.6 Å². The lowest BCUT2D eigenvalue weighted by atomic mass is 10.0. The molecular weight excluding hydrogens is 382 g/mol. The predicted octanol–water partition coefficient (Wildman–Crippen LogP) is 5.52. The van der Waals surface area contributed by atoms with Crippen molar-refractivity contribution in [3.8, 4) is 11.4 Å². The molecule has 0 bridgehead atoms. The minimum absolute atomic E-state index is 0.0612. The van der Waals surface area contributed by atoms with Crippen LogP contribution in [0, 0.1) is 0 Å². The van der Waals surface area contributed by atoms with Crippen molar-refractivity contribution in [2.45, 2.75) is 25.8 Å². The van der Waals surface area contributed by atoms with Gasteiger partial charge in [-0.1, -0.05) is 48.0 Å². The maximum absolute atomic E-state index is 12.3. The van der Waals surface area contributed by atoms with Crippen molar-refractivity contribution in [2.75, 3.05) is 0 Å². The third kappa shape index (κ3) is 4.66. The molecule has 0 radical (unpaired) electrons. The Labute approximate surface area is 174 Å². The largest absolute Gasteiger partial charge is 0.353 e. The molecule has 2 heterocycles. The Kier molecular flexibility index (Phi) is 5.92. The molecule has 4 rings (SSSR count). The van der Waals surface area contributed by atoms with Crippen LogP contribution in [0.5, 0.6) is 0 Å². The molecule has 146 valence electrons. The van der Waals surface area contributed by atoms with Crippen LogP contribution in [-0.2, 0) is 17.8 Å². The first-order chi connectivity index (χ1) is 14.2. The van der Waals surface area contributed by atoms with Crippen LogP contribution in [0.15, 0.2) is 72.9 Å². The number of H-pyrrole nitrogens is 1. The van der Waals surface area contributed by atoms with Crippen LogP contribution in [0.2, 0.25) is 5.02 Å². The summed E-state index contributed by atoms with van der Waals surface area (Å²) < 4.78 is 0. The van der Waals surface area contributed by atoms with Crippen LogP contribution in [0.1, 0.15) is 24.0 Å². The Morgan fingerprint density at radius 2 is 1.86 bits per heavy atom. The molecule has 0 atom stereocenters. The van der Waals surface area contributed by atoms with Gasteiger partial charge < -0.3 is 10.3 Å². The van der Waals surface area contributed by atoms with E-state index in [9.17, 15) is 4.79 Å². The highest BCUT2D eigenvalue weighted by molar-refractivity contribution is 6.31. The molecule has 0 spiro atoms. The first-order valence-corrected chi connectivity index (χ1v) is 10.1. The number of hydrogen-bond donors (Lipinski definition) is 2. The van der Waals surface area contributed by atoms with Gasteiger partial charge in [0.2, 0.25) is 5.91 Å². The summed E-state index contributed by atoms with van der Waals surface area (Å²) in [5.74, 6) is 0.0612. The van der Waals surface area contributed by atoms with Gasteiger partial charge in [-0.2, -0.15) is 0 Å². The molecule has 2 aromatic carbocycles. The van der Waals surface area contributed by atoms with E-state index >= 15 is 0 Å². The molecule has 2 N–H and O–H groups in total. The molecule has 4 nitrogen and oxygen atoms in total. The summed E-state index contributed by atoms with van der Waals surface area (Å²) in [6.07, 6.45) is 3.78. The van der Waals surface area contributed by atoms with Crippen molar-refractivity contribution in [1.29, 1.82) is 0 Å².